The molecular formula is C21H26N4O2S. The molecule has 0 saturated heterocycles. The Hall–Kier alpha value is -2.64. The number of fused-ring (bicyclic) bond motifs is 1. The zero-order valence-corrected chi connectivity index (χ0v) is 17.5. The molecule has 0 bridgehead atoms. The van der Waals surface area contributed by atoms with Gasteiger partial charge < -0.3 is 19.9 Å². The van der Waals surface area contributed by atoms with E-state index in [-0.39, 0.29) is 12.1 Å². The van der Waals surface area contributed by atoms with Gasteiger partial charge in [-0.15, -0.1) is 11.3 Å². The summed E-state index contributed by atoms with van der Waals surface area (Å²) in [6.07, 6.45) is 0. The van der Waals surface area contributed by atoms with Crippen LogP contribution in [0.5, 0.6) is 5.75 Å². The van der Waals surface area contributed by atoms with Crippen LogP contribution in [-0.4, -0.2) is 55.6 Å². The number of ether oxygens (including phenoxy) is 1. The largest absolute Gasteiger partial charge is 0.497 e. The summed E-state index contributed by atoms with van der Waals surface area (Å²) in [4.78, 5) is 20.9. The SMILES string of the molecule is COc1ccc(C(CNC(=O)N(C)Cc2nc3ccccc3s2)N(C)C)cc1. The quantitative estimate of drug-likeness (QED) is 0.659. The number of carbonyl (C=O) groups excluding carboxylic acids is 1. The number of likely N-dealkylation sites (N-methyl/N-ethyl adjacent to an activating group) is 1. The van der Waals surface area contributed by atoms with Crippen LogP contribution in [0.3, 0.4) is 0 Å². The second-order valence-corrected chi connectivity index (χ2v) is 7.99. The molecule has 3 aromatic rings. The molecule has 0 radical (unpaired) electrons. The molecule has 1 unspecified atom stereocenters. The first-order valence-corrected chi connectivity index (χ1v) is 9.93. The highest BCUT2D eigenvalue weighted by molar-refractivity contribution is 7.18. The van der Waals surface area contributed by atoms with E-state index in [1.54, 1.807) is 30.4 Å². The van der Waals surface area contributed by atoms with Crippen molar-refractivity contribution in [2.45, 2.75) is 12.6 Å². The summed E-state index contributed by atoms with van der Waals surface area (Å²) in [5, 5.41) is 3.96. The lowest BCUT2D eigenvalue weighted by atomic mass is 10.1. The number of methoxy groups -OCH3 is 1. The van der Waals surface area contributed by atoms with E-state index in [1.807, 2.05) is 62.6 Å². The third-order valence-electron chi connectivity index (χ3n) is 4.63. The fraction of sp³-hybridized carbons (Fsp3) is 0.333. The first-order chi connectivity index (χ1) is 13.5. The number of amides is 2. The second-order valence-electron chi connectivity index (χ2n) is 6.87. The molecule has 0 aliphatic heterocycles. The summed E-state index contributed by atoms with van der Waals surface area (Å²) in [5.74, 6) is 0.820. The second kappa shape index (κ2) is 9.03. The Morgan fingerprint density at radius 2 is 1.86 bits per heavy atom. The summed E-state index contributed by atoms with van der Waals surface area (Å²) in [6, 6.07) is 15.9. The van der Waals surface area contributed by atoms with Crippen LogP contribution in [0.2, 0.25) is 0 Å². The van der Waals surface area contributed by atoms with E-state index >= 15 is 0 Å². The van der Waals surface area contributed by atoms with E-state index in [0.717, 1.165) is 26.5 Å². The van der Waals surface area contributed by atoms with Gasteiger partial charge >= 0.3 is 6.03 Å². The Labute approximate surface area is 169 Å². The van der Waals surface area contributed by atoms with Gasteiger partial charge in [0.05, 0.1) is 29.9 Å². The topological polar surface area (TPSA) is 57.7 Å². The van der Waals surface area contributed by atoms with Gasteiger partial charge in [-0.05, 0) is 43.9 Å². The number of hydrogen-bond donors (Lipinski definition) is 1. The molecular weight excluding hydrogens is 372 g/mol. The lowest BCUT2D eigenvalue weighted by Crippen LogP contribution is -2.41. The van der Waals surface area contributed by atoms with Crippen molar-refractivity contribution in [3.05, 3.63) is 59.1 Å². The van der Waals surface area contributed by atoms with E-state index < -0.39 is 0 Å². The minimum absolute atomic E-state index is 0.0747. The number of para-hydroxylation sites is 1. The first kappa shape index (κ1) is 20.1. The number of hydrogen-bond acceptors (Lipinski definition) is 5. The van der Waals surface area contributed by atoms with Crippen molar-refractivity contribution in [1.29, 1.82) is 0 Å². The lowest BCUT2D eigenvalue weighted by molar-refractivity contribution is 0.200. The fourth-order valence-corrected chi connectivity index (χ4v) is 4.03. The van der Waals surface area contributed by atoms with E-state index in [2.05, 4.69) is 15.2 Å². The summed E-state index contributed by atoms with van der Waals surface area (Å²) in [7, 11) is 7.46. The predicted octanol–water partition coefficient (Wildman–Crippen LogP) is 3.75. The van der Waals surface area contributed by atoms with Gasteiger partial charge in [-0.1, -0.05) is 24.3 Å². The molecule has 1 aromatic heterocycles. The van der Waals surface area contributed by atoms with Crippen LogP contribution < -0.4 is 10.1 Å². The van der Waals surface area contributed by atoms with Crippen LogP contribution in [0, 0.1) is 0 Å². The number of carbonyl (C=O) groups is 1. The van der Waals surface area contributed by atoms with Crippen LogP contribution in [0.25, 0.3) is 10.2 Å². The molecule has 0 spiro atoms. The summed E-state index contributed by atoms with van der Waals surface area (Å²) in [5.41, 5.74) is 2.10. The number of urea groups is 1. The Balaban J connectivity index is 1.60. The van der Waals surface area contributed by atoms with Crippen molar-refractivity contribution in [1.82, 2.24) is 20.1 Å². The van der Waals surface area contributed by atoms with E-state index in [4.69, 9.17) is 4.74 Å². The molecule has 2 amide bonds. The van der Waals surface area contributed by atoms with E-state index in [9.17, 15) is 4.79 Å². The maximum absolute atomic E-state index is 12.6. The zero-order valence-electron chi connectivity index (χ0n) is 16.7. The maximum Gasteiger partial charge on any atom is 0.317 e. The average Bonchev–Trinajstić information content (AvgIpc) is 3.10. The Morgan fingerprint density at radius 1 is 1.14 bits per heavy atom. The van der Waals surface area contributed by atoms with Gasteiger partial charge in [0.2, 0.25) is 0 Å². The Bertz CT molecular complexity index is 891. The van der Waals surface area contributed by atoms with Crippen molar-refractivity contribution >= 4 is 27.6 Å². The molecule has 1 atom stereocenters. The third-order valence-corrected chi connectivity index (χ3v) is 5.65. The Morgan fingerprint density at radius 3 is 2.50 bits per heavy atom. The normalized spacial score (nSPS) is 12.2. The number of nitrogens with one attached hydrogen (secondary N) is 1. The van der Waals surface area contributed by atoms with Crippen LogP contribution in [0.15, 0.2) is 48.5 Å². The minimum atomic E-state index is -0.111. The van der Waals surface area contributed by atoms with Gasteiger partial charge in [-0.25, -0.2) is 9.78 Å². The van der Waals surface area contributed by atoms with Crippen LogP contribution >= 0.6 is 11.3 Å². The number of benzene rings is 2. The molecule has 3 rings (SSSR count). The van der Waals surface area contributed by atoms with Crippen molar-refractivity contribution in [2.75, 3.05) is 34.8 Å². The molecule has 148 valence electrons. The van der Waals surface area contributed by atoms with Gasteiger partial charge in [-0.3, -0.25) is 0 Å². The number of thiazole rings is 1. The van der Waals surface area contributed by atoms with Crippen molar-refractivity contribution < 1.29 is 9.53 Å². The number of rotatable bonds is 7. The molecule has 6 nitrogen and oxygen atoms in total. The van der Waals surface area contributed by atoms with Gasteiger partial charge in [-0.2, -0.15) is 0 Å². The molecule has 0 aliphatic carbocycles. The summed E-state index contributed by atoms with van der Waals surface area (Å²) < 4.78 is 6.36. The van der Waals surface area contributed by atoms with Crippen LogP contribution in [0.1, 0.15) is 16.6 Å². The summed E-state index contributed by atoms with van der Waals surface area (Å²) >= 11 is 1.62. The number of aromatic nitrogens is 1. The molecule has 1 N–H and O–H groups in total. The van der Waals surface area contributed by atoms with Crippen molar-refractivity contribution in [3.63, 3.8) is 0 Å². The first-order valence-electron chi connectivity index (χ1n) is 9.11. The smallest absolute Gasteiger partial charge is 0.317 e. The lowest BCUT2D eigenvalue weighted by Gasteiger charge is -2.26. The molecule has 7 heteroatoms. The van der Waals surface area contributed by atoms with Crippen molar-refractivity contribution in [2.24, 2.45) is 0 Å². The molecule has 28 heavy (non-hydrogen) atoms. The molecule has 0 saturated carbocycles. The highest BCUT2D eigenvalue weighted by atomic mass is 32.1. The Kier molecular flexibility index (Phi) is 6.49. The van der Waals surface area contributed by atoms with Gasteiger partial charge in [0.15, 0.2) is 0 Å². The van der Waals surface area contributed by atoms with Crippen LogP contribution in [0.4, 0.5) is 4.79 Å². The molecule has 1 heterocycles. The molecule has 2 aromatic carbocycles. The molecule has 0 fully saturated rings. The van der Waals surface area contributed by atoms with E-state index in [0.29, 0.717) is 13.1 Å². The van der Waals surface area contributed by atoms with Crippen molar-refractivity contribution in [3.8, 4) is 5.75 Å². The van der Waals surface area contributed by atoms with Crippen LogP contribution in [-0.2, 0) is 6.54 Å². The molecule has 0 aliphatic rings. The van der Waals surface area contributed by atoms with Gasteiger partial charge in [0.1, 0.15) is 10.8 Å². The van der Waals surface area contributed by atoms with Gasteiger partial charge in [0, 0.05) is 13.6 Å². The predicted molar refractivity (Wildman–Crippen MR) is 114 cm³/mol. The minimum Gasteiger partial charge on any atom is -0.497 e. The maximum atomic E-state index is 12.6. The highest BCUT2D eigenvalue weighted by Gasteiger charge is 2.18. The van der Waals surface area contributed by atoms with E-state index in [1.165, 1.54) is 0 Å². The zero-order chi connectivity index (χ0) is 20.1. The summed E-state index contributed by atoms with van der Waals surface area (Å²) in [6.45, 7) is 1.00. The fourth-order valence-electron chi connectivity index (χ4n) is 3.01. The monoisotopic (exact) mass is 398 g/mol. The van der Waals surface area contributed by atoms with Gasteiger partial charge in [0.25, 0.3) is 0 Å². The highest BCUT2D eigenvalue weighted by Crippen LogP contribution is 2.23. The standard InChI is InChI=1S/C21H26N4O2S/c1-24(2)18(15-9-11-16(27-4)12-10-15)13-22-21(26)25(3)14-20-23-17-7-5-6-8-19(17)28-20/h5-12,18H,13-14H2,1-4H3,(H,22,26). The average molecular weight is 399 g/mol. The third kappa shape index (κ3) is 4.79. The number of nitrogens with zero attached hydrogens (tertiary/aromatic N) is 3.